The van der Waals surface area contributed by atoms with E-state index in [0.29, 0.717) is 6.04 Å². The number of likely N-dealkylation sites (N-methyl/N-ethyl adjacent to an activating group) is 1. The number of piperidine rings is 1. The molecule has 2 saturated heterocycles. The molecule has 0 spiro atoms. The molecule has 0 saturated carbocycles. The van der Waals surface area contributed by atoms with Crippen molar-refractivity contribution >= 4 is 29.9 Å². The second-order valence-electron chi connectivity index (χ2n) is 7.30. The molecular weight excluding hydrogens is 413 g/mol. The molecule has 6 heteroatoms. The van der Waals surface area contributed by atoms with Gasteiger partial charge in [0.2, 0.25) is 0 Å². The van der Waals surface area contributed by atoms with Crippen LogP contribution in [0.4, 0.5) is 0 Å². The third-order valence-corrected chi connectivity index (χ3v) is 5.30. The van der Waals surface area contributed by atoms with Gasteiger partial charge in [-0.15, -0.1) is 24.0 Å². The van der Waals surface area contributed by atoms with Crippen LogP contribution in [-0.2, 0) is 0 Å². The molecule has 2 N–H and O–H groups in total. The third-order valence-electron chi connectivity index (χ3n) is 5.30. The summed E-state index contributed by atoms with van der Waals surface area (Å²) in [6.07, 6.45) is 6.53. The number of halogens is 1. The van der Waals surface area contributed by atoms with Gasteiger partial charge < -0.3 is 20.4 Å². The van der Waals surface area contributed by atoms with Gasteiger partial charge in [0, 0.05) is 19.1 Å². The van der Waals surface area contributed by atoms with Crippen LogP contribution < -0.4 is 10.6 Å². The maximum Gasteiger partial charge on any atom is 0.191 e. The van der Waals surface area contributed by atoms with E-state index >= 15 is 0 Å². The van der Waals surface area contributed by atoms with E-state index in [0.717, 1.165) is 31.5 Å². The highest BCUT2D eigenvalue weighted by Crippen LogP contribution is 2.16. The Kier molecular flexibility index (Phi) is 11.3. The number of nitrogens with zero attached hydrogens (tertiary/aromatic N) is 3. The summed E-state index contributed by atoms with van der Waals surface area (Å²) in [4.78, 5) is 9.82. The molecule has 0 aliphatic carbocycles. The zero-order chi connectivity index (χ0) is 16.5. The van der Waals surface area contributed by atoms with E-state index < -0.39 is 0 Å². The van der Waals surface area contributed by atoms with Crippen LogP contribution in [0.5, 0.6) is 0 Å². The summed E-state index contributed by atoms with van der Waals surface area (Å²) in [7, 11) is 2.22. The maximum atomic E-state index is 4.78. The van der Waals surface area contributed by atoms with Crippen LogP contribution in [0.2, 0.25) is 0 Å². The topological polar surface area (TPSA) is 42.9 Å². The van der Waals surface area contributed by atoms with Crippen LogP contribution >= 0.6 is 24.0 Å². The highest BCUT2D eigenvalue weighted by atomic mass is 127. The molecule has 2 aliphatic rings. The Hall–Kier alpha value is -0.0800. The molecular formula is C18H38IN5. The summed E-state index contributed by atoms with van der Waals surface area (Å²) in [5.41, 5.74) is 0. The van der Waals surface area contributed by atoms with Gasteiger partial charge in [0.25, 0.3) is 0 Å². The molecule has 0 amide bonds. The SMILES string of the molecule is CCNC(=NCC1CCCN1C)NCCCN1CCC(C)CC1.I. The average Bonchev–Trinajstić information content (AvgIpc) is 2.96. The van der Waals surface area contributed by atoms with Gasteiger partial charge in [-0.1, -0.05) is 6.92 Å². The van der Waals surface area contributed by atoms with Crippen LogP contribution in [0.3, 0.4) is 0 Å². The number of hydrogen-bond acceptors (Lipinski definition) is 3. The molecule has 2 rings (SSSR count). The lowest BCUT2D eigenvalue weighted by Gasteiger charge is -2.30. The molecule has 0 radical (unpaired) electrons. The predicted molar refractivity (Wildman–Crippen MR) is 115 cm³/mol. The Morgan fingerprint density at radius 3 is 2.50 bits per heavy atom. The van der Waals surface area contributed by atoms with Gasteiger partial charge in [-0.2, -0.15) is 0 Å². The van der Waals surface area contributed by atoms with Gasteiger partial charge in [0.15, 0.2) is 5.96 Å². The molecule has 0 aromatic carbocycles. The van der Waals surface area contributed by atoms with Crippen molar-refractivity contribution < 1.29 is 0 Å². The van der Waals surface area contributed by atoms with Crippen molar-refractivity contribution in [3.63, 3.8) is 0 Å². The van der Waals surface area contributed by atoms with E-state index in [9.17, 15) is 0 Å². The fourth-order valence-electron chi connectivity index (χ4n) is 3.54. The standard InChI is InChI=1S/C18H37N5.HI/c1-4-19-18(21-15-17-7-5-11-22(17)3)20-10-6-12-23-13-8-16(2)9-14-23;/h16-17H,4-15H2,1-3H3,(H2,19,20,21);1H. The Morgan fingerprint density at radius 1 is 1.12 bits per heavy atom. The normalized spacial score (nSPS) is 24.0. The van der Waals surface area contributed by atoms with Crippen LogP contribution in [0.15, 0.2) is 4.99 Å². The quantitative estimate of drug-likeness (QED) is 0.270. The van der Waals surface area contributed by atoms with Crippen molar-refractivity contribution in [1.29, 1.82) is 0 Å². The lowest BCUT2D eigenvalue weighted by molar-refractivity contribution is 0.191. The largest absolute Gasteiger partial charge is 0.357 e. The first-order valence-electron chi connectivity index (χ1n) is 9.63. The van der Waals surface area contributed by atoms with E-state index in [1.807, 2.05) is 0 Å². The van der Waals surface area contributed by atoms with Crippen molar-refractivity contribution in [2.75, 3.05) is 52.9 Å². The summed E-state index contributed by atoms with van der Waals surface area (Å²) in [6.45, 7) is 12.4. The Morgan fingerprint density at radius 2 is 1.88 bits per heavy atom. The highest BCUT2D eigenvalue weighted by Gasteiger charge is 2.20. The van der Waals surface area contributed by atoms with Crippen LogP contribution in [0.1, 0.15) is 46.0 Å². The molecule has 1 atom stereocenters. The Balaban J connectivity index is 0.00000288. The first kappa shape index (κ1) is 22.0. The van der Waals surface area contributed by atoms with Crippen molar-refractivity contribution in [2.45, 2.75) is 52.0 Å². The molecule has 2 fully saturated rings. The number of likely N-dealkylation sites (tertiary alicyclic amines) is 2. The number of rotatable bonds is 7. The van der Waals surface area contributed by atoms with Gasteiger partial charge in [-0.25, -0.2) is 0 Å². The minimum atomic E-state index is 0. The van der Waals surface area contributed by atoms with E-state index in [4.69, 9.17) is 4.99 Å². The van der Waals surface area contributed by atoms with Crippen LogP contribution in [0, 0.1) is 5.92 Å². The lowest BCUT2D eigenvalue weighted by Crippen LogP contribution is -2.40. The summed E-state index contributed by atoms with van der Waals surface area (Å²) in [5.74, 6) is 1.91. The number of hydrogen-bond donors (Lipinski definition) is 2. The first-order valence-corrected chi connectivity index (χ1v) is 9.63. The second kappa shape index (κ2) is 12.3. The number of nitrogens with one attached hydrogen (secondary N) is 2. The summed E-state index contributed by atoms with van der Waals surface area (Å²) in [6, 6.07) is 0.626. The van der Waals surface area contributed by atoms with E-state index in [1.165, 1.54) is 58.3 Å². The molecule has 0 aromatic rings. The van der Waals surface area contributed by atoms with E-state index in [-0.39, 0.29) is 24.0 Å². The van der Waals surface area contributed by atoms with Crippen LogP contribution in [-0.4, -0.2) is 74.7 Å². The molecule has 24 heavy (non-hydrogen) atoms. The van der Waals surface area contributed by atoms with Crippen molar-refractivity contribution in [3.05, 3.63) is 0 Å². The molecule has 2 heterocycles. The molecule has 1 unspecified atom stereocenters. The highest BCUT2D eigenvalue weighted by molar-refractivity contribution is 14.0. The molecule has 2 aliphatic heterocycles. The monoisotopic (exact) mass is 451 g/mol. The lowest BCUT2D eigenvalue weighted by atomic mass is 9.99. The molecule has 0 aromatic heterocycles. The molecule has 142 valence electrons. The summed E-state index contributed by atoms with van der Waals surface area (Å²) < 4.78 is 0. The van der Waals surface area contributed by atoms with Gasteiger partial charge in [0.05, 0.1) is 6.54 Å². The first-order chi connectivity index (χ1) is 11.2. The van der Waals surface area contributed by atoms with Crippen molar-refractivity contribution in [3.8, 4) is 0 Å². The molecule has 5 nitrogen and oxygen atoms in total. The van der Waals surface area contributed by atoms with E-state index in [2.05, 4.69) is 41.3 Å². The fourth-order valence-corrected chi connectivity index (χ4v) is 3.54. The number of aliphatic imine (C=N–C) groups is 1. The Bertz CT molecular complexity index is 355. The average molecular weight is 451 g/mol. The smallest absolute Gasteiger partial charge is 0.191 e. The molecule has 0 bridgehead atoms. The van der Waals surface area contributed by atoms with Gasteiger partial charge in [0.1, 0.15) is 0 Å². The van der Waals surface area contributed by atoms with Crippen LogP contribution in [0.25, 0.3) is 0 Å². The summed E-state index contributed by atoms with van der Waals surface area (Å²) >= 11 is 0. The zero-order valence-electron chi connectivity index (χ0n) is 15.9. The van der Waals surface area contributed by atoms with E-state index in [1.54, 1.807) is 0 Å². The fraction of sp³-hybridized carbons (Fsp3) is 0.944. The number of guanidine groups is 1. The van der Waals surface area contributed by atoms with Crippen molar-refractivity contribution in [1.82, 2.24) is 20.4 Å². The summed E-state index contributed by atoms with van der Waals surface area (Å²) in [5, 5.41) is 6.87. The maximum absolute atomic E-state index is 4.78. The minimum Gasteiger partial charge on any atom is -0.357 e. The van der Waals surface area contributed by atoms with Gasteiger partial charge in [-0.05, 0) is 78.2 Å². The second-order valence-corrected chi connectivity index (χ2v) is 7.30. The predicted octanol–water partition coefficient (Wildman–Crippen LogP) is 2.38. The van der Waals surface area contributed by atoms with Gasteiger partial charge in [-0.3, -0.25) is 4.99 Å². The minimum absolute atomic E-state index is 0. The zero-order valence-corrected chi connectivity index (χ0v) is 18.2. The third kappa shape index (κ3) is 7.87. The van der Waals surface area contributed by atoms with Crippen molar-refractivity contribution in [2.24, 2.45) is 10.9 Å². The van der Waals surface area contributed by atoms with Gasteiger partial charge >= 0.3 is 0 Å². The Labute approximate surface area is 166 Å².